The van der Waals surface area contributed by atoms with Gasteiger partial charge in [0, 0.05) is 11.4 Å². The van der Waals surface area contributed by atoms with Crippen molar-refractivity contribution in [3.63, 3.8) is 0 Å². The lowest BCUT2D eigenvalue weighted by Crippen LogP contribution is -2.43. The van der Waals surface area contributed by atoms with Crippen LogP contribution in [0.2, 0.25) is 5.02 Å². The van der Waals surface area contributed by atoms with Crippen LogP contribution in [0.25, 0.3) is 0 Å². The maximum atomic E-state index is 10.5. The van der Waals surface area contributed by atoms with Crippen molar-refractivity contribution in [2.45, 2.75) is 29.1 Å². The number of β-amino-alcohol motifs (C(OH)–C–C–N with tert-alkyl or cyclic N) is 1. The molecule has 7 heteroatoms. The number of nitrogens with zero attached hydrogens (tertiary/aromatic N) is 2. The molecular formula is C14H16ClN3O2S. The highest BCUT2D eigenvalue weighted by molar-refractivity contribution is 7.98. The van der Waals surface area contributed by atoms with Gasteiger partial charge in [-0.1, -0.05) is 28.9 Å². The first-order chi connectivity index (χ1) is 10.2. The number of hydrogen-bond acceptors (Lipinski definition) is 6. The van der Waals surface area contributed by atoms with Crippen LogP contribution < -0.4 is 5.32 Å². The van der Waals surface area contributed by atoms with Gasteiger partial charge < -0.3 is 14.9 Å². The first-order valence-corrected chi connectivity index (χ1v) is 8.17. The molecule has 1 aliphatic heterocycles. The Morgan fingerprint density at radius 3 is 3.05 bits per heavy atom. The van der Waals surface area contributed by atoms with Crippen molar-refractivity contribution < 1.29 is 9.63 Å². The zero-order valence-electron chi connectivity index (χ0n) is 11.4. The number of thioether (sulfide) groups is 1. The number of hydrogen-bond donors (Lipinski definition) is 2. The number of aliphatic hydroxyl groups is 1. The molecule has 1 aromatic heterocycles. The predicted octanol–water partition coefficient (Wildman–Crippen LogP) is 2.59. The zero-order chi connectivity index (χ0) is 14.7. The minimum Gasteiger partial charge on any atom is -0.379 e. The normalized spacial score (nSPS) is 22.4. The minimum atomic E-state index is -1.04. The van der Waals surface area contributed by atoms with Crippen molar-refractivity contribution in [1.29, 1.82) is 0 Å². The number of nitrogens with one attached hydrogen (secondary N) is 1. The van der Waals surface area contributed by atoms with Crippen LogP contribution in [-0.4, -0.2) is 28.3 Å². The first-order valence-electron chi connectivity index (χ1n) is 6.81. The molecule has 2 heterocycles. The second-order valence-electron chi connectivity index (χ2n) is 5.05. The summed E-state index contributed by atoms with van der Waals surface area (Å²) in [6.07, 6.45) is 1.53. The summed E-state index contributed by atoms with van der Waals surface area (Å²) in [4.78, 5) is 5.29. The Bertz CT molecular complexity index is 614. The second-order valence-corrected chi connectivity index (χ2v) is 6.47. The maximum absolute atomic E-state index is 10.5. The highest BCUT2D eigenvalue weighted by Gasteiger charge is 2.36. The van der Waals surface area contributed by atoms with Gasteiger partial charge in [-0.15, -0.1) is 11.8 Å². The molecule has 1 fully saturated rings. The Morgan fingerprint density at radius 1 is 1.43 bits per heavy atom. The predicted molar refractivity (Wildman–Crippen MR) is 81.3 cm³/mol. The van der Waals surface area contributed by atoms with E-state index >= 15 is 0 Å². The summed E-state index contributed by atoms with van der Waals surface area (Å²) in [7, 11) is 0. The molecular weight excluding hydrogens is 310 g/mol. The fourth-order valence-electron chi connectivity index (χ4n) is 2.28. The number of halogens is 1. The summed E-state index contributed by atoms with van der Waals surface area (Å²) in [5.41, 5.74) is -1.04. The van der Waals surface area contributed by atoms with Crippen molar-refractivity contribution in [2.24, 2.45) is 0 Å². The average molecular weight is 326 g/mol. The summed E-state index contributed by atoms with van der Waals surface area (Å²) < 4.78 is 5.23. The van der Waals surface area contributed by atoms with Crippen LogP contribution in [0, 0.1) is 0 Å². The Morgan fingerprint density at radius 2 is 2.29 bits per heavy atom. The van der Waals surface area contributed by atoms with Gasteiger partial charge in [0.05, 0.1) is 10.8 Å². The van der Waals surface area contributed by atoms with Gasteiger partial charge in [-0.25, -0.2) is 0 Å². The molecule has 2 N–H and O–H groups in total. The van der Waals surface area contributed by atoms with Crippen LogP contribution in [0.4, 0.5) is 0 Å². The minimum absolute atomic E-state index is 0.296. The van der Waals surface area contributed by atoms with Crippen molar-refractivity contribution in [3.05, 3.63) is 41.0 Å². The van der Waals surface area contributed by atoms with E-state index in [2.05, 4.69) is 15.5 Å². The standard InChI is InChI=1S/C14H16ClN3O2S/c15-10-4-1-2-5-11(10)21-8-12-17-13(20-18-12)14(19)6-3-7-16-9-14/h1-2,4-5,16,19H,3,6-9H2. The molecule has 0 amide bonds. The van der Waals surface area contributed by atoms with Crippen LogP contribution in [0.1, 0.15) is 24.6 Å². The molecule has 1 unspecified atom stereocenters. The lowest BCUT2D eigenvalue weighted by Gasteiger charge is -2.28. The van der Waals surface area contributed by atoms with Gasteiger partial charge in [0.25, 0.3) is 5.89 Å². The number of aromatic nitrogens is 2. The highest BCUT2D eigenvalue weighted by Crippen LogP contribution is 2.30. The zero-order valence-corrected chi connectivity index (χ0v) is 13.0. The molecule has 0 bridgehead atoms. The van der Waals surface area contributed by atoms with E-state index in [0.717, 1.165) is 17.9 Å². The third-order valence-corrected chi connectivity index (χ3v) is 4.93. The molecule has 0 saturated carbocycles. The van der Waals surface area contributed by atoms with E-state index in [4.69, 9.17) is 16.1 Å². The molecule has 1 saturated heterocycles. The highest BCUT2D eigenvalue weighted by atomic mass is 35.5. The first kappa shape index (κ1) is 14.8. The molecule has 21 heavy (non-hydrogen) atoms. The summed E-state index contributed by atoms with van der Waals surface area (Å²) in [6.45, 7) is 1.36. The van der Waals surface area contributed by atoms with Crippen LogP contribution >= 0.6 is 23.4 Å². The van der Waals surface area contributed by atoms with E-state index in [1.165, 1.54) is 0 Å². The average Bonchev–Trinajstić information content (AvgIpc) is 2.97. The fraction of sp³-hybridized carbons (Fsp3) is 0.429. The van der Waals surface area contributed by atoms with Gasteiger partial charge >= 0.3 is 0 Å². The van der Waals surface area contributed by atoms with Crippen LogP contribution in [0.3, 0.4) is 0 Å². The van der Waals surface area contributed by atoms with E-state index in [-0.39, 0.29) is 0 Å². The molecule has 1 atom stereocenters. The summed E-state index contributed by atoms with van der Waals surface area (Å²) >= 11 is 7.65. The van der Waals surface area contributed by atoms with Crippen molar-refractivity contribution >= 4 is 23.4 Å². The largest absolute Gasteiger partial charge is 0.379 e. The van der Waals surface area contributed by atoms with Crippen LogP contribution in [0.5, 0.6) is 0 Å². The van der Waals surface area contributed by atoms with Crippen molar-refractivity contribution in [2.75, 3.05) is 13.1 Å². The van der Waals surface area contributed by atoms with Crippen molar-refractivity contribution in [1.82, 2.24) is 15.5 Å². The molecule has 2 aromatic rings. The molecule has 1 aliphatic rings. The van der Waals surface area contributed by atoms with E-state index in [1.54, 1.807) is 11.8 Å². The number of benzene rings is 1. The van der Waals surface area contributed by atoms with Gasteiger partial charge in [-0.05, 0) is 31.5 Å². The molecule has 0 aliphatic carbocycles. The monoisotopic (exact) mass is 325 g/mol. The molecule has 0 radical (unpaired) electrons. The van der Waals surface area contributed by atoms with E-state index in [9.17, 15) is 5.11 Å². The molecule has 5 nitrogen and oxygen atoms in total. The van der Waals surface area contributed by atoms with E-state index < -0.39 is 5.60 Å². The summed E-state index contributed by atoms with van der Waals surface area (Å²) in [5.74, 6) is 1.41. The van der Waals surface area contributed by atoms with Gasteiger partial charge in [0.2, 0.25) is 0 Å². The Labute approximate surface area is 132 Å². The quantitative estimate of drug-likeness (QED) is 0.842. The van der Waals surface area contributed by atoms with Gasteiger partial charge in [-0.2, -0.15) is 4.98 Å². The van der Waals surface area contributed by atoms with Gasteiger partial charge in [-0.3, -0.25) is 0 Å². The van der Waals surface area contributed by atoms with Gasteiger partial charge in [0.1, 0.15) is 0 Å². The summed E-state index contributed by atoms with van der Waals surface area (Å²) in [6, 6.07) is 7.63. The van der Waals surface area contributed by atoms with E-state index in [0.29, 0.717) is 35.5 Å². The SMILES string of the molecule is OC1(c2nc(CSc3ccccc3Cl)no2)CCCNC1. The molecule has 0 spiro atoms. The summed E-state index contributed by atoms with van der Waals surface area (Å²) in [5, 5.41) is 18.3. The maximum Gasteiger partial charge on any atom is 0.259 e. The lowest BCUT2D eigenvalue weighted by molar-refractivity contribution is -0.0167. The topological polar surface area (TPSA) is 71.2 Å². The second kappa shape index (κ2) is 6.36. The van der Waals surface area contributed by atoms with E-state index in [1.807, 2.05) is 24.3 Å². The smallest absolute Gasteiger partial charge is 0.259 e. The molecule has 3 rings (SSSR count). The Kier molecular flexibility index (Phi) is 4.49. The number of piperidine rings is 1. The number of rotatable bonds is 4. The Hall–Kier alpha value is -1.08. The molecule has 112 valence electrons. The Balaban J connectivity index is 1.67. The fourth-order valence-corrected chi connectivity index (χ4v) is 3.36. The lowest BCUT2D eigenvalue weighted by atomic mass is 9.94. The van der Waals surface area contributed by atoms with Gasteiger partial charge in [0.15, 0.2) is 11.4 Å². The third kappa shape index (κ3) is 3.40. The van der Waals surface area contributed by atoms with Crippen LogP contribution in [-0.2, 0) is 11.4 Å². The van der Waals surface area contributed by atoms with Crippen molar-refractivity contribution in [3.8, 4) is 0 Å². The van der Waals surface area contributed by atoms with Crippen LogP contribution in [0.15, 0.2) is 33.7 Å². The molecule has 1 aromatic carbocycles. The third-order valence-electron chi connectivity index (χ3n) is 3.42.